The summed E-state index contributed by atoms with van der Waals surface area (Å²) in [5.74, 6) is -0.783. The highest BCUT2D eigenvalue weighted by molar-refractivity contribution is 6.31. The van der Waals surface area contributed by atoms with Crippen molar-refractivity contribution in [2.45, 2.75) is 6.18 Å². The van der Waals surface area contributed by atoms with Crippen molar-refractivity contribution in [3.8, 4) is 5.75 Å². The fourth-order valence-corrected chi connectivity index (χ4v) is 2.76. The van der Waals surface area contributed by atoms with E-state index >= 15 is 0 Å². The van der Waals surface area contributed by atoms with Gasteiger partial charge in [-0.1, -0.05) is 23.7 Å². The Morgan fingerprint density at radius 3 is 2.69 bits per heavy atom. The molecule has 5 nitrogen and oxygen atoms in total. The highest BCUT2D eigenvalue weighted by Crippen LogP contribution is 2.36. The van der Waals surface area contributed by atoms with Crippen LogP contribution < -0.4 is 15.0 Å². The summed E-state index contributed by atoms with van der Waals surface area (Å²) in [6, 6.07) is 9.77. The smallest absolute Gasteiger partial charge is 0.417 e. The maximum absolute atomic E-state index is 12.9. The molecule has 0 aliphatic carbocycles. The number of amides is 1. The first-order valence-electron chi connectivity index (χ1n) is 7.45. The van der Waals surface area contributed by atoms with E-state index in [-0.39, 0.29) is 18.8 Å². The monoisotopic (exact) mass is 384 g/mol. The van der Waals surface area contributed by atoms with Crippen molar-refractivity contribution in [1.82, 2.24) is 0 Å². The lowest BCUT2D eigenvalue weighted by Gasteiger charge is -2.29. The van der Waals surface area contributed by atoms with Gasteiger partial charge in [0.15, 0.2) is 5.75 Å². The third-order valence-corrected chi connectivity index (χ3v) is 3.97. The van der Waals surface area contributed by atoms with Gasteiger partial charge in [0.25, 0.3) is 0 Å². The standard InChI is InChI=1S/C17H12ClF3N2O3/c18-12-6-5-10(7-11(12)17(19,20)21)22-15(24)8-23-9-16(25)26-14-4-2-1-3-13(14)23/h1-7H,8-9H2,(H,22,24). The molecule has 136 valence electrons. The Labute approximate surface area is 151 Å². The summed E-state index contributed by atoms with van der Waals surface area (Å²) in [6.07, 6.45) is -4.63. The fourth-order valence-electron chi connectivity index (χ4n) is 2.54. The summed E-state index contributed by atoms with van der Waals surface area (Å²) < 4.78 is 43.7. The Morgan fingerprint density at radius 1 is 1.23 bits per heavy atom. The van der Waals surface area contributed by atoms with Gasteiger partial charge in [0.2, 0.25) is 5.91 Å². The topological polar surface area (TPSA) is 58.6 Å². The molecule has 0 atom stereocenters. The minimum Gasteiger partial charge on any atom is -0.423 e. The third-order valence-electron chi connectivity index (χ3n) is 3.64. The number of fused-ring (bicyclic) bond motifs is 1. The Morgan fingerprint density at radius 2 is 1.96 bits per heavy atom. The van der Waals surface area contributed by atoms with Gasteiger partial charge in [-0.15, -0.1) is 0 Å². The van der Waals surface area contributed by atoms with Crippen molar-refractivity contribution >= 4 is 34.9 Å². The van der Waals surface area contributed by atoms with Crippen molar-refractivity contribution in [2.24, 2.45) is 0 Å². The van der Waals surface area contributed by atoms with Gasteiger partial charge in [-0.2, -0.15) is 13.2 Å². The van der Waals surface area contributed by atoms with Crippen LogP contribution in [0.1, 0.15) is 5.56 Å². The maximum atomic E-state index is 12.9. The molecule has 2 aromatic rings. The zero-order valence-corrected chi connectivity index (χ0v) is 13.9. The number of alkyl halides is 3. The van der Waals surface area contributed by atoms with Gasteiger partial charge in [-0.25, -0.2) is 4.79 Å². The molecular formula is C17H12ClF3N2O3. The number of rotatable bonds is 3. The third kappa shape index (κ3) is 3.91. The van der Waals surface area contributed by atoms with Crippen molar-refractivity contribution in [2.75, 3.05) is 23.3 Å². The lowest BCUT2D eigenvalue weighted by molar-refractivity contribution is -0.137. The number of anilines is 2. The summed E-state index contributed by atoms with van der Waals surface area (Å²) in [5, 5.41) is 1.93. The number of halogens is 4. The summed E-state index contributed by atoms with van der Waals surface area (Å²) in [6.45, 7) is -0.366. The number of hydrogen-bond acceptors (Lipinski definition) is 4. The minimum atomic E-state index is -4.63. The molecule has 0 aromatic heterocycles. The molecule has 0 saturated carbocycles. The van der Waals surface area contributed by atoms with Gasteiger partial charge in [0, 0.05) is 5.69 Å². The van der Waals surface area contributed by atoms with E-state index < -0.39 is 28.6 Å². The number of hydrogen-bond donors (Lipinski definition) is 1. The van der Waals surface area contributed by atoms with E-state index in [4.69, 9.17) is 16.3 Å². The normalized spacial score (nSPS) is 13.8. The highest BCUT2D eigenvalue weighted by atomic mass is 35.5. The lowest BCUT2D eigenvalue weighted by atomic mass is 10.2. The van der Waals surface area contributed by atoms with Crippen LogP contribution in [0.25, 0.3) is 0 Å². The summed E-state index contributed by atoms with van der Waals surface area (Å²) in [7, 11) is 0. The molecule has 1 amide bonds. The second-order valence-corrected chi connectivity index (χ2v) is 5.95. The van der Waals surface area contributed by atoms with E-state index in [2.05, 4.69) is 5.32 Å². The number of nitrogens with zero attached hydrogens (tertiary/aromatic N) is 1. The van der Waals surface area contributed by atoms with Gasteiger partial charge >= 0.3 is 12.1 Å². The zero-order chi connectivity index (χ0) is 18.9. The number of benzene rings is 2. The predicted octanol–water partition coefficient (Wildman–Crippen LogP) is 3.72. The molecule has 1 aliphatic rings. The maximum Gasteiger partial charge on any atom is 0.417 e. The molecule has 0 fully saturated rings. The SMILES string of the molecule is O=C(CN1CC(=O)Oc2ccccc21)Nc1ccc(Cl)c(C(F)(F)F)c1. The second kappa shape index (κ2) is 6.87. The number of nitrogens with one attached hydrogen (secondary N) is 1. The zero-order valence-electron chi connectivity index (χ0n) is 13.1. The molecule has 26 heavy (non-hydrogen) atoms. The van der Waals surface area contributed by atoms with E-state index in [9.17, 15) is 22.8 Å². The van der Waals surface area contributed by atoms with Crippen LogP contribution in [0.4, 0.5) is 24.5 Å². The summed E-state index contributed by atoms with van der Waals surface area (Å²) in [4.78, 5) is 25.3. The Hall–Kier alpha value is -2.74. The highest BCUT2D eigenvalue weighted by Gasteiger charge is 2.33. The second-order valence-electron chi connectivity index (χ2n) is 5.54. The Kier molecular flexibility index (Phi) is 4.78. The molecule has 2 aromatic carbocycles. The molecule has 0 radical (unpaired) electrons. The molecular weight excluding hydrogens is 373 g/mol. The van der Waals surface area contributed by atoms with Crippen molar-refractivity contribution < 1.29 is 27.5 Å². The van der Waals surface area contributed by atoms with Crippen LogP contribution in [0, 0.1) is 0 Å². The van der Waals surface area contributed by atoms with Gasteiger partial charge in [0.05, 0.1) is 22.8 Å². The Bertz CT molecular complexity index is 871. The molecule has 0 unspecified atom stereocenters. The van der Waals surface area contributed by atoms with Crippen LogP contribution >= 0.6 is 11.6 Å². The predicted molar refractivity (Wildman–Crippen MR) is 89.4 cm³/mol. The first-order valence-corrected chi connectivity index (χ1v) is 7.83. The molecule has 9 heteroatoms. The van der Waals surface area contributed by atoms with E-state index in [1.807, 2.05) is 0 Å². The summed E-state index contributed by atoms with van der Waals surface area (Å²) >= 11 is 5.55. The number of ether oxygens (including phenoxy) is 1. The number of carbonyl (C=O) groups excluding carboxylic acids is 2. The quantitative estimate of drug-likeness (QED) is 0.647. The molecule has 1 N–H and O–H groups in total. The van der Waals surface area contributed by atoms with Crippen LogP contribution in [-0.2, 0) is 15.8 Å². The largest absolute Gasteiger partial charge is 0.423 e. The minimum absolute atomic E-state index is 0.0420. The van der Waals surface area contributed by atoms with Gasteiger partial charge in [-0.05, 0) is 30.3 Å². The van der Waals surface area contributed by atoms with Gasteiger partial charge in [-0.3, -0.25) is 4.79 Å². The van der Waals surface area contributed by atoms with Crippen LogP contribution in [0.5, 0.6) is 5.75 Å². The van der Waals surface area contributed by atoms with Crippen molar-refractivity contribution in [3.63, 3.8) is 0 Å². The lowest BCUT2D eigenvalue weighted by Crippen LogP contribution is -2.41. The number of esters is 1. The van der Waals surface area contributed by atoms with E-state index in [1.54, 1.807) is 24.3 Å². The Balaban J connectivity index is 1.75. The first-order chi connectivity index (χ1) is 12.2. The van der Waals surface area contributed by atoms with Crippen molar-refractivity contribution in [1.29, 1.82) is 0 Å². The van der Waals surface area contributed by atoms with Crippen LogP contribution in [0.2, 0.25) is 5.02 Å². The molecule has 0 saturated heterocycles. The average Bonchev–Trinajstić information content (AvgIpc) is 2.55. The molecule has 1 aliphatic heterocycles. The van der Waals surface area contributed by atoms with E-state index in [1.165, 1.54) is 11.0 Å². The van der Waals surface area contributed by atoms with Gasteiger partial charge in [0.1, 0.15) is 6.54 Å². The number of carbonyl (C=O) groups is 2. The first kappa shape index (κ1) is 18.1. The summed E-state index contributed by atoms with van der Waals surface area (Å²) in [5.41, 5.74) is -0.530. The molecule has 0 spiro atoms. The van der Waals surface area contributed by atoms with E-state index in [0.717, 1.165) is 12.1 Å². The molecule has 1 heterocycles. The fraction of sp³-hybridized carbons (Fsp3) is 0.176. The van der Waals surface area contributed by atoms with Crippen molar-refractivity contribution in [3.05, 3.63) is 53.1 Å². The van der Waals surface area contributed by atoms with Gasteiger partial charge < -0.3 is 15.0 Å². The van der Waals surface area contributed by atoms with Crippen LogP contribution in [0.15, 0.2) is 42.5 Å². The molecule has 3 rings (SSSR count). The van der Waals surface area contributed by atoms with E-state index in [0.29, 0.717) is 11.4 Å². The number of para-hydroxylation sites is 2. The molecule has 0 bridgehead atoms. The average molecular weight is 385 g/mol. The van der Waals surface area contributed by atoms with Crippen LogP contribution in [-0.4, -0.2) is 25.0 Å². The van der Waals surface area contributed by atoms with Crippen LogP contribution in [0.3, 0.4) is 0 Å².